The van der Waals surface area contributed by atoms with Gasteiger partial charge in [-0.05, 0) is 30.7 Å². The Morgan fingerprint density at radius 2 is 1.55 bits per heavy atom. The number of rotatable bonds is 2. The second-order valence-electron chi connectivity index (χ2n) is 5.36. The molecule has 0 aromatic heterocycles. The minimum Gasteiger partial charge on any atom is -0.336 e. The number of urea groups is 1. The zero-order valence-corrected chi connectivity index (χ0v) is 10.7. The van der Waals surface area contributed by atoms with Crippen molar-refractivity contribution in [3.8, 4) is 0 Å². The monoisotopic (exact) mass is 271 g/mol. The minimum absolute atomic E-state index is 0.0911. The van der Waals surface area contributed by atoms with Crippen LogP contribution in [0.15, 0.2) is 24.3 Å². The first-order valence-corrected chi connectivity index (χ1v) is 6.70. The van der Waals surface area contributed by atoms with E-state index in [1.807, 2.05) is 0 Å². The number of hydrogen-bond donors (Lipinski definition) is 1. The molecule has 2 aliphatic heterocycles. The second kappa shape index (κ2) is 3.82. The van der Waals surface area contributed by atoms with Crippen LogP contribution in [-0.4, -0.2) is 30.9 Å². The van der Waals surface area contributed by atoms with Crippen LogP contribution in [0, 0.1) is 11.8 Å². The van der Waals surface area contributed by atoms with Crippen LogP contribution in [0.1, 0.15) is 6.42 Å². The maximum Gasteiger partial charge on any atom is 0.321 e. The van der Waals surface area contributed by atoms with Crippen LogP contribution in [-0.2, 0) is 9.59 Å². The summed E-state index contributed by atoms with van der Waals surface area (Å²) < 4.78 is 0. The Hall–Kier alpha value is -2.37. The van der Waals surface area contributed by atoms with E-state index in [2.05, 4.69) is 5.32 Å². The molecule has 1 aromatic carbocycles. The molecule has 2 saturated heterocycles. The van der Waals surface area contributed by atoms with E-state index >= 15 is 0 Å². The molecule has 6 heteroatoms. The summed E-state index contributed by atoms with van der Waals surface area (Å²) in [6, 6.07) is 6.87. The molecule has 0 radical (unpaired) electrons. The average Bonchev–Trinajstić information content (AvgIpc) is 3.08. The second-order valence-corrected chi connectivity index (χ2v) is 5.36. The molecule has 20 heavy (non-hydrogen) atoms. The Morgan fingerprint density at radius 3 is 2.10 bits per heavy atom. The highest BCUT2D eigenvalue weighted by molar-refractivity contribution is 6.24. The van der Waals surface area contributed by atoms with Crippen molar-refractivity contribution >= 4 is 29.2 Å². The predicted octanol–water partition coefficient (Wildman–Crippen LogP) is 0.726. The van der Waals surface area contributed by atoms with Crippen molar-refractivity contribution in [2.45, 2.75) is 6.42 Å². The molecular weight excluding hydrogens is 258 g/mol. The number of anilines is 2. The van der Waals surface area contributed by atoms with E-state index in [0.717, 1.165) is 5.69 Å². The molecule has 3 fully saturated rings. The van der Waals surface area contributed by atoms with E-state index in [9.17, 15) is 14.4 Å². The number of nitrogens with one attached hydrogen (secondary N) is 1. The Morgan fingerprint density at radius 1 is 0.950 bits per heavy atom. The summed E-state index contributed by atoms with van der Waals surface area (Å²) >= 11 is 0. The van der Waals surface area contributed by atoms with E-state index in [-0.39, 0.29) is 29.7 Å². The largest absolute Gasteiger partial charge is 0.336 e. The molecule has 2 unspecified atom stereocenters. The number of benzene rings is 1. The van der Waals surface area contributed by atoms with Gasteiger partial charge in [-0.3, -0.25) is 19.4 Å². The van der Waals surface area contributed by atoms with Crippen molar-refractivity contribution in [1.82, 2.24) is 5.32 Å². The van der Waals surface area contributed by atoms with Gasteiger partial charge in [0.15, 0.2) is 0 Å². The van der Waals surface area contributed by atoms with Crippen molar-refractivity contribution in [3.05, 3.63) is 24.3 Å². The summed E-state index contributed by atoms with van der Waals surface area (Å²) in [6.45, 7) is 1.26. The quantitative estimate of drug-likeness (QED) is 0.806. The van der Waals surface area contributed by atoms with Gasteiger partial charge in [0.25, 0.3) is 0 Å². The maximum absolute atomic E-state index is 12.0. The molecule has 1 aromatic rings. The van der Waals surface area contributed by atoms with Crippen LogP contribution in [0.3, 0.4) is 0 Å². The third-order valence-electron chi connectivity index (χ3n) is 4.14. The fourth-order valence-electron chi connectivity index (χ4n) is 2.94. The number of imide groups is 1. The van der Waals surface area contributed by atoms with Gasteiger partial charge in [-0.25, -0.2) is 4.79 Å². The molecule has 1 saturated carbocycles. The van der Waals surface area contributed by atoms with Gasteiger partial charge in [0, 0.05) is 18.8 Å². The van der Waals surface area contributed by atoms with Crippen LogP contribution < -0.4 is 15.1 Å². The van der Waals surface area contributed by atoms with E-state index in [0.29, 0.717) is 25.2 Å². The molecule has 3 aliphatic rings. The molecule has 6 nitrogen and oxygen atoms in total. The standard InChI is InChI=1S/C14H13N3O3/c18-12-10-7-11(10)13(19)17(12)9-3-1-8(2-4-9)16-6-5-15-14(16)20/h1-4,10-11H,5-7H2,(H,15,20). The Kier molecular flexibility index (Phi) is 2.19. The van der Waals surface area contributed by atoms with Gasteiger partial charge in [-0.1, -0.05) is 0 Å². The van der Waals surface area contributed by atoms with Gasteiger partial charge in [-0.15, -0.1) is 0 Å². The van der Waals surface area contributed by atoms with Crippen molar-refractivity contribution < 1.29 is 14.4 Å². The van der Waals surface area contributed by atoms with Crippen molar-refractivity contribution in [1.29, 1.82) is 0 Å². The van der Waals surface area contributed by atoms with E-state index in [1.54, 1.807) is 29.2 Å². The van der Waals surface area contributed by atoms with Gasteiger partial charge in [-0.2, -0.15) is 0 Å². The lowest BCUT2D eigenvalue weighted by Gasteiger charge is -2.19. The van der Waals surface area contributed by atoms with Gasteiger partial charge < -0.3 is 5.32 Å². The smallest absolute Gasteiger partial charge is 0.321 e. The molecule has 1 aliphatic carbocycles. The summed E-state index contributed by atoms with van der Waals surface area (Å²) in [4.78, 5) is 38.4. The summed E-state index contributed by atoms with van der Waals surface area (Å²) in [5.41, 5.74) is 1.36. The number of fused-ring (bicyclic) bond motifs is 1. The lowest BCUT2D eigenvalue weighted by molar-refractivity contribution is -0.123. The van der Waals surface area contributed by atoms with Crippen LogP contribution >= 0.6 is 0 Å². The molecule has 2 heterocycles. The molecule has 0 spiro atoms. The number of hydrogen-bond acceptors (Lipinski definition) is 3. The van der Waals surface area contributed by atoms with E-state index < -0.39 is 0 Å². The summed E-state index contributed by atoms with van der Waals surface area (Å²) in [5.74, 6) is -0.364. The average molecular weight is 271 g/mol. The molecule has 4 amide bonds. The lowest BCUT2D eigenvalue weighted by atomic mass is 10.2. The first kappa shape index (κ1) is 11.5. The molecular formula is C14H13N3O3. The fraction of sp³-hybridized carbons (Fsp3) is 0.357. The zero-order chi connectivity index (χ0) is 13.9. The molecule has 4 rings (SSSR count). The number of amides is 4. The summed E-state index contributed by atoms with van der Waals surface area (Å²) in [5, 5.41) is 2.73. The predicted molar refractivity (Wildman–Crippen MR) is 71.3 cm³/mol. The maximum atomic E-state index is 12.0. The molecule has 1 N–H and O–H groups in total. The zero-order valence-electron chi connectivity index (χ0n) is 10.7. The molecule has 0 bridgehead atoms. The first-order chi connectivity index (χ1) is 9.66. The highest BCUT2D eigenvalue weighted by Crippen LogP contribution is 2.48. The number of carbonyl (C=O) groups excluding carboxylic acids is 3. The topological polar surface area (TPSA) is 69.7 Å². The highest BCUT2D eigenvalue weighted by Gasteiger charge is 2.59. The van der Waals surface area contributed by atoms with Gasteiger partial charge >= 0.3 is 6.03 Å². The number of carbonyl (C=O) groups is 3. The first-order valence-electron chi connectivity index (χ1n) is 6.70. The third kappa shape index (κ3) is 1.47. The molecule has 2 atom stereocenters. The van der Waals surface area contributed by atoms with Crippen LogP contribution in [0.4, 0.5) is 16.2 Å². The summed E-state index contributed by atoms with van der Waals surface area (Å²) in [6.07, 6.45) is 0.709. The number of piperidine rings is 1. The van der Waals surface area contributed by atoms with Crippen molar-refractivity contribution in [3.63, 3.8) is 0 Å². The van der Waals surface area contributed by atoms with Crippen LogP contribution in [0.5, 0.6) is 0 Å². The van der Waals surface area contributed by atoms with Gasteiger partial charge in [0.05, 0.1) is 17.5 Å². The minimum atomic E-state index is -0.118. The SMILES string of the molecule is O=C1NCCN1c1ccc(N2C(=O)C3CC3C2=O)cc1. The highest BCUT2D eigenvalue weighted by atomic mass is 16.2. The van der Waals surface area contributed by atoms with Crippen molar-refractivity contribution in [2.24, 2.45) is 11.8 Å². The fourth-order valence-corrected chi connectivity index (χ4v) is 2.94. The van der Waals surface area contributed by atoms with Crippen LogP contribution in [0.2, 0.25) is 0 Å². The lowest BCUT2D eigenvalue weighted by Crippen LogP contribution is -2.33. The van der Waals surface area contributed by atoms with Crippen LogP contribution in [0.25, 0.3) is 0 Å². The third-order valence-corrected chi connectivity index (χ3v) is 4.14. The molecule has 102 valence electrons. The number of nitrogens with zero attached hydrogens (tertiary/aromatic N) is 2. The Labute approximate surface area is 115 Å². The Balaban J connectivity index is 1.60. The normalized spacial score (nSPS) is 27.9. The van der Waals surface area contributed by atoms with Gasteiger partial charge in [0.1, 0.15) is 0 Å². The van der Waals surface area contributed by atoms with Crippen molar-refractivity contribution in [2.75, 3.05) is 22.9 Å². The summed E-state index contributed by atoms with van der Waals surface area (Å²) in [7, 11) is 0. The Bertz CT molecular complexity index is 605. The van der Waals surface area contributed by atoms with E-state index in [1.165, 1.54) is 4.90 Å². The van der Waals surface area contributed by atoms with Gasteiger partial charge in [0.2, 0.25) is 11.8 Å². The van der Waals surface area contributed by atoms with E-state index in [4.69, 9.17) is 0 Å².